The summed E-state index contributed by atoms with van der Waals surface area (Å²) >= 11 is 7.29. The molecule has 0 aromatic heterocycles. The zero-order valence-corrected chi connectivity index (χ0v) is 14.6. The molecule has 2 rings (SSSR count). The second-order valence-corrected chi connectivity index (χ2v) is 6.85. The standard InChI is InChI=1S/C16H21Br2N/c1-2-10-19-16(12-6-4-3-5-7-12)14-11-13(17)8-9-15(14)18/h6,8-9,11,16,19H,2-5,7,10H2,1H3. The molecule has 0 amide bonds. The van der Waals surface area contributed by atoms with Gasteiger partial charge in [0.2, 0.25) is 0 Å². The number of allylic oxidation sites excluding steroid dienone is 1. The summed E-state index contributed by atoms with van der Waals surface area (Å²) in [6, 6.07) is 6.79. The first-order valence-electron chi connectivity index (χ1n) is 7.09. The van der Waals surface area contributed by atoms with E-state index in [0.29, 0.717) is 6.04 Å². The van der Waals surface area contributed by atoms with Gasteiger partial charge in [-0.05, 0) is 62.4 Å². The lowest BCUT2D eigenvalue weighted by atomic mass is 9.90. The lowest BCUT2D eigenvalue weighted by Gasteiger charge is -2.26. The minimum atomic E-state index is 0.354. The highest BCUT2D eigenvalue weighted by molar-refractivity contribution is 9.11. The largest absolute Gasteiger partial charge is 0.306 e. The summed E-state index contributed by atoms with van der Waals surface area (Å²) in [5, 5.41) is 3.70. The average molecular weight is 387 g/mol. The molecule has 19 heavy (non-hydrogen) atoms. The minimum Gasteiger partial charge on any atom is -0.306 e. The SMILES string of the molecule is CCCNC(C1=CCCCC1)c1cc(Br)ccc1Br. The van der Waals surface area contributed by atoms with E-state index < -0.39 is 0 Å². The second kappa shape index (κ2) is 7.61. The molecule has 0 aliphatic heterocycles. The zero-order valence-electron chi connectivity index (χ0n) is 11.4. The summed E-state index contributed by atoms with van der Waals surface area (Å²) in [7, 11) is 0. The van der Waals surface area contributed by atoms with Gasteiger partial charge in [-0.15, -0.1) is 0 Å². The highest BCUT2D eigenvalue weighted by atomic mass is 79.9. The van der Waals surface area contributed by atoms with Crippen LogP contribution in [0.15, 0.2) is 38.8 Å². The predicted molar refractivity (Wildman–Crippen MR) is 89.4 cm³/mol. The molecule has 0 saturated carbocycles. The van der Waals surface area contributed by atoms with Crippen LogP contribution in [0.2, 0.25) is 0 Å². The van der Waals surface area contributed by atoms with Gasteiger partial charge < -0.3 is 5.32 Å². The van der Waals surface area contributed by atoms with Crippen molar-refractivity contribution in [1.29, 1.82) is 0 Å². The fourth-order valence-corrected chi connectivity index (χ4v) is 3.44. The van der Waals surface area contributed by atoms with Gasteiger partial charge in [0.25, 0.3) is 0 Å². The third kappa shape index (κ3) is 4.17. The molecule has 3 heteroatoms. The fraction of sp³-hybridized carbons (Fsp3) is 0.500. The van der Waals surface area contributed by atoms with E-state index in [1.165, 1.54) is 35.7 Å². The lowest BCUT2D eigenvalue weighted by molar-refractivity contribution is 0.545. The molecule has 1 nitrogen and oxygen atoms in total. The Bertz CT molecular complexity index is 454. The van der Waals surface area contributed by atoms with Gasteiger partial charge in [0.1, 0.15) is 0 Å². The van der Waals surface area contributed by atoms with Crippen molar-refractivity contribution >= 4 is 31.9 Å². The highest BCUT2D eigenvalue weighted by Crippen LogP contribution is 2.35. The first kappa shape index (κ1) is 15.3. The molecule has 0 heterocycles. The number of halogens is 2. The van der Waals surface area contributed by atoms with Crippen molar-refractivity contribution in [2.45, 2.75) is 45.1 Å². The molecule has 1 N–H and O–H groups in total. The number of benzene rings is 1. The third-order valence-electron chi connectivity index (χ3n) is 3.56. The summed E-state index contributed by atoms with van der Waals surface area (Å²) in [5.74, 6) is 0. The molecule has 1 aromatic carbocycles. The normalized spacial score (nSPS) is 17.1. The zero-order chi connectivity index (χ0) is 13.7. The number of hydrogen-bond acceptors (Lipinski definition) is 1. The van der Waals surface area contributed by atoms with Gasteiger partial charge in [0, 0.05) is 8.95 Å². The molecule has 1 atom stereocenters. The summed E-state index contributed by atoms with van der Waals surface area (Å²) < 4.78 is 2.33. The van der Waals surface area contributed by atoms with E-state index in [1.807, 2.05) is 0 Å². The molecule has 104 valence electrons. The summed E-state index contributed by atoms with van der Waals surface area (Å²) in [6.45, 7) is 3.27. The average Bonchev–Trinajstić information content (AvgIpc) is 2.44. The van der Waals surface area contributed by atoms with Gasteiger partial charge in [0.15, 0.2) is 0 Å². The van der Waals surface area contributed by atoms with Crippen molar-refractivity contribution in [3.05, 3.63) is 44.4 Å². The summed E-state index contributed by atoms with van der Waals surface area (Å²) in [6.07, 6.45) is 8.70. The van der Waals surface area contributed by atoms with Crippen LogP contribution in [0.3, 0.4) is 0 Å². The van der Waals surface area contributed by atoms with Gasteiger partial charge in [-0.2, -0.15) is 0 Å². The molecule has 0 spiro atoms. The smallest absolute Gasteiger partial charge is 0.0547 e. The Hall–Kier alpha value is -0.120. The van der Waals surface area contributed by atoms with Crippen molar-refractivity contribution in [1.82, 2.24) is 5.32 Å². The number of nitrogens with one attached hydrogen (secondary N) is 1. The molecular formula is C16H21Br2N. The first-order valence-corrected chi connectivity index (χ1v) is 8.68. The van der Waals surface area contributed by atoms with E-state index in [9.17, 15) is 0 Å². The molecule has 1 aromatic rings. The number of hydrogen-bond donors (Lipinski definition) is 1. The van der Waals surface area contributed by atoms with Crippen molar-refractivity contribution in [2.75, 3.05) is 6.54 Å². The third-order valence-corrected chi connectivity index (χ3v) is 4.78. The van der Waals surface area contributed by atoms with Crippen LogP contribution in [0.4, 0.5) is 0 Å². The monoisotopic (exact) mass is 385 g/mol. The Balaban J connectivity index is 2.30. The van der Waals surface area contributed by atoms with Crippen LogP contribution in [-0.2, 0) is 0 Å². The van der Waals surface area contributed by atoms with Gasteiger partial charge in [-0.1, -0.05) is 50.4 Å². The Labute approximate surface area is 133 Å². The van der Waals surface area contributed by atoms with Crippen molar-refractivity contribution in [2.24, 2.45) is 0 Å². The molecule has 0 saturated heterocycles. The predicted octanol–water partition coefficient (Wildman–Crippen LogP) is 5.75. The van der Waals surface area contributed by atoms with Gasteiger partial charge in [0.05, 0.1) is 6.04 Å². The van der Waals surface area contributed by atoms with Gasteiger partial charge in [-0.3, -0.25) is 0 Å². The van der Waals surface area contributed by atoms with Crippen LogP contribution in [-0.4, -0.2) is 6.54 Å². The molecule has 1 unspecified atom stereocenters. The van der Waals surface area contributed by atoms with Crippen LogP contribution in [0.5, 0.6) is 0 Å². The quantitative estimate of drug-likeness (QED) is 0.635. The molecule has 0 bridgehead atoms. The second-order valence-electron chi connectivity index (χ2n) is 5.08. The first-order chi connectivity index (χ1) is 9.22. The maximum absolute atomic E-state index is 3.70. The maximum Gasteiger partial charge on any atom is 0.0547 e. The molecule has 1 aliphatic rings. The van der Waals surface area contributed by atoms with E-state index in [4.69, 9.17) is 0 Å². The van der Waals surface area contributed by atoms with Crippen LogP contribution in [0.1, 0.15) is 50.6 Å². The Kier molecular flexibility index (Phi) is 6.11. The van der Waals surface area contributed by atoms with E-state index >= 15 is 0 Å². The molecule has 0 radical (unpaired) electrons. The molecule has 1 aliphatic carbocycles. The van der Waals surface area contributed by atoms with Crippen molar-refractivity contribution < 1.29 is 0 Å². The fourth-order valence-electron chi connectivity index (χ4n) is 2.59. The van der Waals surface area contributed by atoms with E-state index in [-0.39, 0.29) is 0 Å². The highest BCUT2D eigenvalue weighted by Gasteiger charge is 2.19. The van der Waals surface area contributed by atoms with E-state index in [2.05, 4.69) is 68.4 Å². The number of rotatable bonds is 5. The van der Waals surface area contributed by atoms with Crippen LogP contribution in [0, 0.1) is 0 Å². The maximum atomic E-state index is 3.70. The molecular weight excluding hydrogens is 366 g/mol. The van der Waals surface area contributed by atoms with Crippen molar-refractivity contribution in [3.8, 4) is 0 Å². The van der Waals surface area contributed by atoms with Crippen LogP contribution in [0.25, 0.3) is 0 Å². The van der Waals surface area contributed by atoms with Crippen LogP contribution >= 0.6 is 31.9 Å². The Morgan fingerprint density at radius 3 is 2.79 bits per heavy atom. The Morgan fingerprint density at radius 2 is 2.11 bits per heavy atom. The summed E-state index contributed by atoms with van der Waals surface area (Å²) in [5.41, 5.74) is 2.90. The van der Waals surface area contributed by atoms with Crippen LogP contribution < -0.4 is 5.32 Å². The Morgan fingerprint density at radius 1 is 1.26 bits per heavy atom. The lowest BCUT2D eigenvalue weighted by Crippen LogP contribution is -2.25. The summed E-state index contributed by atoms with van der Waals surface area (Å²) in [4.78, 5) is 0. The molecule has 0 fully saturated rings. The van der Waals surface area contributed by atoms with E-state index in [0.717, 1.165) is 17.4 Å². The van der Waals surface area contributed by atoms with Gasteiger partial charge in [-0.25, -0.2) is 0 Å². The van der Waals surface area contributed by atoms with E-state index in [1.54, 1.807) is 5.57 Å². The van der Waals surface area contributed by atoms with Crippen molar-refractivity contribution in [3.63, 3.8) is 0 Å². The van der Waals surface area contributed by atoms with Gasteiger partial charge >= 0.3 is 0 Å². The topological polar surface area (TPSA) is 12.0 Å². The minimum absolute atomic E-state index is 0.354.